The molecule has 1 aromatic carbocycles. The summed E-state index contributed by atoms with van der Waals surface area (Å²) >= 11 is 0. The van der Waals surface area contributed by atoms with Crippen LogP contribution in [0.1, 0.15) is 21.5 Å². The predicted octanol–water partition coefficient (Wildman–Crippen LogP) is 3.68. The van der Waals surface area contributed by atoms with E-state index in [-0.39, 0.29) is 28.3 Å². The van der Waals surface area contributed by atoms with Crippen molar-refractivity contribution in [2.75, 3.05) is 0 Å². The van der Waals surface area contributed by atoms with Crippen molar-refractivity contribution < 1.29 is 23.1 Å². The Bertz CT molecular complexity index is 1160. The van der Waals surface area contributed by atoms with Crippen molar-refractivity contribution in [1.82, 2.24) is 19.6 Å². The number of aromatic hydroxyl groups is 1. The van der Waals surface area contributed by atoms with Crippen LogP contribution in [0, 0.1) is 0 Å². The summed E-state index contributed by atoms with van der Waals surface area (Å²) in [5.41, 5.74) is 0.0682. The van der Waals surface area contributed by atoms with Crippen LogP contribution in [0.5, 0.6) is 5.75 Å². The molecular formula is C18H11F3N4O2. The number of nitrogens with one attached hydrogen (secondary N) is 1. The van der Waals surface area contributed by atoms with E-state index >= 15 is 0 Å². The van der Waals surface area contributed by atoms with Gasteiger partial charge in [-0.3, -0.25) is 9.20 Å². The number of aromatic nitrogens is 4. The number of hydrogen-bond acceptors (Lipinski definition) is 4. The summed E-state index contributed by atoms with van der Waals surface area (Å²) < 4.78 is 40.1. The number of ketones is 1. The Morgan fingerprint density at radius 3 is 2.63 bits per heavy atom. The SMILES string of the molecule is O=C(c1c[nH]c(-c2nnc3ccc(C(F)(F)F)cn23)c1)c1ccccc1O. The maximum absolute atomic E-state index is 13.0. The lowest BCUT2D eigenvalue weighted by molar-refractivity contribution is -0.137. The van der Waals surface area contributed by atoms with Crippen LogP contribution in [0.2, 0.25) is 0 Å². The fourth-order valence-electron chi connectivity index (χ4n) is 2.72. The van der Waals surface area contributed by atoms with Gasteiger partial charge in [0, 0.05) is 18.0 Å². The molecule has 3 aromatic heterocycles. The zero-order valence-electron chi connectivity index (χ0n) is 13.5. The van der Waals surface area contributed by atoms with Gasteiger partial charge in [0.15, 0.2) is 17.3 Å². The number of carbonyl (C=O) groups excluding carboxylic acids is 1. The average Bonchev–Trinajstić information content (AvgIpc) is 3.27. The van der Waals surface area contributed by atoms with Crippen molar-refractivity contribution in [3.63, 3.8) is 0 Å². The molecule has 0 bridgehead atoms. The number of carbonyl (C=O) groups is 1. The van der Waals surface area contributed by atoms with Crippen LogP contribution < -0.4 is 0 Å². The maximum atomic E-state index is 13.0. The normalized spacial score (nSPS) is 11.8. The lowest BCUT2D eigenvalue weighted by Gasteiger charge is -2.07. The molecule has 0 atom stereocenters. The maximum Gasteiger partial charge on any atom is 0.417 e. The van der Waals surface area contributed by atoms with E-state index in [1.807, 2.05) is 0 Å². The average molecular weight is 372 g/mol. The van der Waals surface area contributed by atoms with E-state index in [2.05, 4.69) is 15.2 Å². The first-order chi connectivity index (χ1) is 12.8. The van der Waals surface area contributed by atoms with E-state index in [0.717, 1.165) is 12.3 Å². The summed E-state index contributed by atoms with van der Waals surface area (Å²) in [4.78, 5) is 15.3. The number of alkyl halides is 3. The van der Waals surface area contributed by atoms with E-state index in [0.29, 0.717) is 5.69 Å². The second-order valence-electron chi connectivity index (χ2n) is 5.82. The largest absolute Gasteiger partial charge is 0.507 e. The fraction of sp³-hybridized carbons (Fsp3) is 0.0556. The highest BCUT2D eigenvalue weighted by molar-refractivity contribution is 6.11. The van der Waals surface area contributed by atoms with Gasteiger partial charge in [0.2, 0.25) is 0 Å². The molecule has 9 heteroatoms. The second-order valence-corrected chi connectivity index (χ2v) is 5.82. The molecule has 4 rings (SSSR count). The fourth-order valence-corrected chi connectivity index (χ4v) is 2.72. The lowest BCUT2D eigenvalue weighted by Crippen LogP contribution is -2.06. The van der Waals surface area contributed by atoms with Crippen molar-refractivity contribution in [3.05, 3.63) is 71.5 Å². The van der Waals surface area contributed by atoms with Gasteiger partial charge in [-0.25, -0.2) is 0 Å². The van der Waals surface area contributed by atoms with E-state index in [1.165, 1.54) is 34.9 Å². The number of para-hydroxylation sites is 1. The highest BCUT2D eigenvalue weighted by Gasteiger charge is 2.31. The van der Waals surface area contributed by atoms with Crippen LogP contribution in [0.25, 0.3) is 17.2 Å². The molecule has 0 fully saturated rings. The molecule has 136 valence electrons. The molecule has 3 heterocycles. The third kappa shape index (κ3) is 2.92. The number of pyridine rings is 1. The monoisotopic (exact) mass is 372 g/mol. The summed E-state index contributed by atoms with van der Waals surface area (Å²) in [5.74, 6) is -0.458. The number of aromatic amines is 1. The molecule has 0 radical (unpaired) electrons. The summed E-state index contributed by atoms with van der Waals surface area (Å²) in [6, 6.07) is 9.68. The molecule has 0 amide bonds. The third-order valence-corrected chi connectivity index (χ3v) is 4.06. The molecule has 0 aliphatic carbocycles. The van der Waals surface area contributed by atoms with Gasteiger partial charge in [0.05, 0.1) is 16.8 Å². The van der Waals surface area contributed by atoms with Gasteiger partial charge < -0.3 is 10.1 Å². The van der Waals surface area contributed by atoms with Gasteiger partial charge in [-0.1, -0.05) is 12.1 Å². The first kappa shape index (κ1) is 16.8. The summed E-state index contributed by atoms with van der Waals surface area (Å²) in [6.07, 6.45) is -2.20. The zero-order chi connectivity index (χ0) is 19.2. The van der Waals surface area contributed by atoms with Crippen molar-refractivity contribution in [2.24, 2.45) is 0 Å². The van der Waals surface area contributed by atoms with Gasteiger partial charge in [0.25, 0.3) is 0 Å². The van der Waals surface area contributed by atoms with Crippen LogP contribution >= 0.6 is 0 Å². The summed E-state index contributed by atoms with van der Waals surface area (Å²) in [7, 11) is 0. The minimum Gasteiger partial charge on any atom is -0.507 e. The predicted molar refractivity (Wildman–Crippen MR) is 89.3 cm³/mol. The molecule has 6 nitrogen and oxygen atoms in total. The van der Waals surface area contributed by atoms with E-state index < -0.39 is 17.5 Å². The van der Waals surface area contributed by atoms with Crippen LogP contribution in [0.3, 0.4) is 0 Å². The minimum atomic E-state index is -4.50. The molecule has 0 aliphatic rings. The molecular weight excluding hydrogens is 361 g/mol. The number of benzene rings is 1. The van der Waals surface area contributed by atoms with Crippen LogP contribution in [-0.4, -0.2) is 30.5 Å². The number of fused-ring (bicyclic) bond motifs is 1. The Morgan fingerprint density at radius 1 is 1.11 bits per heavy atom. The van der Waals surface area contributed by atoms with Gasteiger partial charge >= 0.3 is 6.18 Å². The molecule has 0 saturated carbocycles. The van der Waals surface area contributed by atoms with Gasteiger partial charge in [-0.15, -0.1) is 10.2 Å². The van der Waals surface area contributed by atoms with Crippen molar-refractivity contribution >= 4 is 11.4 Å². The second kappa shape index (κ2) is 5.97. The number of phenolic OH excluding ortho intramolecular Hbond substituents is 1. The Kier molecular flexibility index (Phi) is 3.72. The number of hydrogen-bond donors (Lipinski definition) is 2. The van der Waals surface area contributed by atoms with E-state index in [9.17, 15) is 23.1 Å². The summed E-state index contributed by atoms with van der Waals surface area (Å²) in [6.45, 7) is 0. The minimum absolute atomic E-state index is 0.119. The molecule has 27 heavy (non-hydrogen) atoms. The van der Waals surface area contributed by atoms with E-state index in [1.54, 1.807) is 12.1 Å². The number of phenols is 1. The molecule has 0 saturated heterocycles. The topological polar surface area (TPSA) is 83.3 Å². The Balaban J connectivity index is 1.75. The molecule has 0 unspecified atom stereocenters. The number of nitrogens with zero attached hydrogens (tertiary/aromatic N) is 3. The number of halogens is 3. The van der Waals surface area contributed by atoms with Crippen molar-refractivity contribution in [3.8, 4) is 17.3 Å². The highest BCUT2D eigenvalue weighted by atomic mass is 19.4. The molecule has 0 spiro atoms. The first-order valence-electron chi connectivity index (χ1n) is 7.78. The zero-order valence-corrected chi connectivity index (χ0v) is 13.5. The van der Waals surface area contributed by atoms with Crippen LogP contribution in [-0.2, 0) is 6.18 Å². The smallest absolute Gasteiger partial charge is 0.417 e. The van der Waals surface area contributed by atoms with Crippen LogP contribution in [0.15, 0.2) is 54.9 Å². The van der Waals surface area contributed by atoms with E-state index in [4.69, 9.17) is 0 Å². The van der Waals surface area contributed by atoms with Gasteiger partial charge in [-0.05, 0) is 30.3 Å². The van der Waals surface area contributed by atoms with Crippen molar-refractivity contribution in [1.29, 1.82) is 0 Å². The molecule has 4 aromatic rings. The molecule has 2 N–H and O–H groups in total. The van der Waals surface area contributed by atoms with Crippen molar-refractivity contribution in [2.45, 2.75) is 6.18 Å². The highest BCUT2D eigenvalue weighted by Crippen LogP contribution is 2.30. The quantitative estimate of drug-likeness (QED) is 0.538. The third-order valence-electron chi connectivity index (χ3n) is 4.06. The number of H-pyrrole nitrogens is 1. The van der Waals surface area contributed by atoms with Crippen LogP contribution in [0.4, 0.5) is 13.2 Å². The number of rotatable bonds is 3. The molecule has 0 aliphatic heterocycles. The Morgan fingerprint density at radius 2 is 1.89 bits per heavy atom. The Labute approximate surface area is 149 Å². The standard InChI is InChI=1S/C18H11F3N4O2/c19-18(20,21)11-5-6-15-23-24-17(25(15)9-11)13-7-10(8-22-13)16(27)12-3-1-2-4-14(12)26/h1-9,22,26H. The van der Waals surface area contributed by atoms with Gasteiger partial charge in [0.1, 0.15) is 5.75 Å². The first-order valence-corrected chi connectivity index (χ1v) is 7.78. The summed E-state index contributed by atoms with van der Waals surface area (Å²) in [5, 5.41) is 17.6. The van der Waals surface area contributed by atoms with Gasteiger partial charge in [-0.2, -0.15) is 13.2 Å². The Hall–Kier alpha value is -3.62. The lowest BCUT2D eigenvalue weighted by atomic mass is 10.0.